The van der Waals surface area contributed by atoms with Gasteiger partial charge in [-0.05, 0) is 32.1 Å². The Bertz CT molecular complexity index is 950. The zero-order valence-corrected chi connectivity index (χ0v) is 14.5. The first-order valence-corrected chi connectivity index (χ1v) is 7.51. The summed E-state index contributed by atoms with van der Waals surface area (Å²) in [5.74, 6) is 0.210. The zero-order valence-electron chi connectivity index (χ0n) is 13.7. The number of rotatable bonds is 6. The average molecular weight is 365 g/mol. The normalized spacial score (nSPS) is 10.8. The Morgan fingerprint density at radius 3 is 2.84 bits per heavy atom. The van der Waals surface area contributed by atoms with Crippen molar-refractivity contribution in [1.82, 2.24) is 14.9 Å². The lowest BCUT2D eigenvalue weighted by Gasteiger charge is -2.10. The van der Waals surface area contributed by atoms with Gasteiger partial charge in [0, 0.05) is 11.6 Å². The number of nitrogens with zero attached hydrogens (tertiary/aromatic N) is 4. The number of nitro benzene ring substituents is 1. The molecular formula is C14H15N5O5S. The number of H-pyrrole nitrogens is 1. The second-order valence-electron chi connectivity index (χ2n) is 4.74. The summed E-state index contributed by atoms with van der Waals surface area (Å²) in [6.07, 6.45) is 1.26. The average Bonchev–Trinajstić information content (AvgIpc) is 2.59. The van der Waals surface area contributed by atoms with Crippen LogP contribution in [0.1, 0.15) is 18.2 Å². The van der Waals surface area contributed by atoms with Crippen molar-refractivity contribution in [2.75, 3.05) is 13.7 Å². The van der Waals surface area contributed by atoms with E-state index in [4.69, 9.17) is 21.7 Å². The topological polar surface area (TPSA) is 125 Å². The van der Waals surface area contributed by atoms with Gasteiger partial charge in [0.1, 0.15) is 5.69 Å². The first kappa shape index (κ1) is 18.3. The van der Waals surface area contributed by atoms with Crippen LogP contribution in [0.2, 0.25) is 0 Å². The summed E-state index contributed by atoms with van der Waals surface area (Å²) in [6, 6.07) is 2.77. The minimum absolute atomic E-state index is 0.000693. The largest absolute Gasteiger partial charge is 0.493 e. The second-order valence-corrected chi connectivity index (χ2v) is 5.12. The number of aryl methyl sites for hydroxylation is 1. The summed E-state index contributed by atoms with van der Waals surface area (Å²) < 4.78 is 11.4. The highest BCUT2D eigenvalue weighted by molar-refractivity contribution is 7.71. The van der Waals surface area contributed by atoms with E-state index in [-0.39, 0.29) is 34.3 Å². The fraction of sp³-hybridized carbons (Fsp3) is 0.286. The molecule has 0 aliphatic heterocycles. The molecule has 2 rings (SSSR count). The van der Waals surface area contributed by atoms with E-state index in [1.165, 1.54) is 32.4 Å². The zero-order chi connectivity index (χ0) is 18.6. The smallest absolute Gasteiger partial charge is 0.315 e. The molecule has 0 bridgehead atoms. The quantitative estimate of drug-likeness (QED) is 0.358. The van der Waals surface area contributed by atoms with E-state index in [0.29, 0.717) is 5.56 Å². The molecule has 1 heterocycles. The van der Waals surface area contributed by atoms with E-state index >= 15 is 0 Å². The number of hydrogen-bond donors (Lipinski definition) is 1. The Labute approximate surface area is 146 Å². The molecule has 25 heavy (non-hydrogen) atoms. The van der Waals surface area contributed by atoms with Gasteiger partial charge < -0.3 is 9.47 Å². The van der Waals surface area contributed by atoms with Crippen molar-refractivity contribution < 1.29 is 14.4 Å². The van der Waals surface area contributed by atoms with E-state index < -0.39 is 10.5 Å². The number of hydrogen-bond acceptors (Lipinski definition) is 8. The number of ether oxygens (including phenoxy) is 2. The third-order valence-corrected chi connectivity index (χ3v) is 3.36. The van der Waals surface area contributed by atoms with Crippen LogP contribution in [0.25, 0.3) is 0 Å². The highest BCUT2D eigenvalue weighted by Crippen LogP contribution is 2.37. The molecule has 0 spiro atoms. The van der Waals surface area contributed by atoms with Crippen LogP contribution < -0.4 is 15.0 Å². The van der Waals surface area contributed by atoms with Crippen LogP contribution in [0.4, 0.5) is 5.69 Å². The minimum Gasteiger partial charge on any atom is -0.493 e. The molecule has 0 fully saturated rings. The van der Waals surface area contributed by atoms with Crippen molar-refractivity contribution in [1.29, 1.82) is 0 Å². The van der Waals surface area contributed by atoms with Gasteiger partial charge in [0.15, 0.2) is 5.75 Å². The van der Waals surface area contributed by atoms with Crippen LogP contribution in [0.5, 0.6) is 11.5 Å². The highest BCUT2D eigenvalue weighted by atomic mass is 32.1. The molecule has 0 aliphatic carbocycles. The number of aromatic nitrogens is 3. The van der Waals surface area contributed by atoms with Gasteiger partial charge in [-0.15, -0.1) is 0 Å². The van der Waals surface area contributed by atoms with E-state index in [2.05, 4.69) is 15.3 Å². The number of methoxy groups -OCH3 is 1. The van der Waals surface area contributed by atoms with Crippen LogP contribution >= 0.6 is 12.2 Å². The Hall–Kier alpha value is -3.08. The van der Waals surface area contributed by atoms with E-state index in [0.717, 1.165) is 4.68 Å². The summed E-state index contributed by atoms with van der Waals surface area (Å²) in [5, 5.41) is 21.5. The lowest BCUT2D eigenvalue weighted by atomic mass is 10.2. The fourth-order valence-electron chi connectivity index (χ4n) is 1.96. The summed E-state index contributed by atoms with van der Waals surface area (Å²) in [4.78, 5) is 22.7. The number of nitrogens with one attached hydrogen (secondary N) is 1. The van der Waals surface area contributed by atoms with Gasteiger partial charge in [-0.25, -0.2) is 0 Å². The van der Waals surface area contributed by atoms with Gasteiger partial charge >= 0.3 is 5.69 Å². The van der Waals surface area contributed by atoms with Gasteiger partial charge in [0.2, 0.25) is 10.5 Å². The van der Waals surface area contributed by atoms with E-state index in [1.807, 2.05) is 0 Å². The third-order valence-electron chi connectivity index (χ3n) is 3.10. The predicted octanol–water partition coefficient (Wildman–Crippen LogP) is 1.81. The molecule has 10 nitrogen and oxygen atoms in total. The number of benzene rings is 1. The van der Waals surface area contributed by atoms with Gasteiger partial charge in [-0.1, -0.05) is 0 Å². The number of aromatic amines is 1. The van der Waals surface area contributed by atoms with E-state index in [9.17, 15) is 14.9 Å². The second kappa shape index (κ2) is 7.66. The SMILES string of the molecule is CCOc1c(OC)cc(/C=N\n2c(=S)[nH]nc(C)c2=O)cc1[N+](=O)[O-]. The Morgan fingerprint density at radius 2 is 2.24 bits per heavy atom. The monoisotopic (exact) mass is 365 g/mol. The lowest BCUT2D eigenvalue weighted by Crippen LogP contribution is -2.22. The van der Waals surface area contributed by atoms with Crippen molar-refractivity contribution >= 4 is 24.1 Å². The van der Waals surface area contributed by atoms with Crippen LogP contribution in [-0.2, 0) is 0 Å². The Kier molecular flexibility index (Phi) is 5.60. The van der Waals surface area contributed by atoms with Gasteiger partial charge in [0.05, 0.1) is 24.9 Å². The summed E-state index contributed by atoms with van der Waals surface area (Å²) in [5.41, 5.74) is -0.248. The first-order chi connectivity index (χ1) is 11.9. The van der Waals surface area contributed by atoms with Gasteiger partial charge in [-0.2, -0.15) is 14.9 Å². The molecule has 1 N–H and O–H groups in total. The summed E-state index contributed by atoms with van der Waals surface area (Å²) >= 11 is 4.96. The maximum absolute atomic E-state index is 12.0. The third kappa shape index (κ3) is 3.88. The standard InChI is InChI=1S/C14H15N5O5S/c1-4-24-12-10(19(21)22)5-9(6-11(12)23-3)7-15-18-13(20)8(2)16-17-14(18)25/h5-7H,4H2,1-3H3,(H,17,25)/b15-7-. The van der Waals surface area contributed by atoms with Crippen LogP contribution in [-0.4, -0.2) is 39.7 Å². The molecule has 0 amide bonds. The molecular weight excluding hydrogens is 350 g/mol. The number of nitro groups is 1. The van der Waals surface area contributed by atoms with Crippen LogP contribution in [0.3, 0.4) is 0 Å². The Morgan fingerprint density at radius 1 is 1.52 bits per heavy atom. The molecule has 0 aliphatic rings. The molecule has 11 heteroatoms. The predicted molar refractivity (Wildman–Crippen MR) is 92.2 cm³/mol. The van der Waals surface area contributed by atoms with Crippen molar-refractivity contribution in [3.63, 3.8) is 0 Å². The van der Waals surface area contributed by atoms with Gasteiger partial charge in [0.25, 0.3) is 5.56 Å². The maximum atomic E-state index is 12.0. The fourth-order valence-corrected chi connectivity index (χ4v) is 2.14. The molecule has 2 aromatic rings. The molecule has 0 unspecified atom stereocenters. The molecule has 0 radical (unpaired) electrons. The van der Waals surface area contributed by atoms with Crippen molar-refractivity contribution in [2.45, 2.75) is 13.8 Å². The first-order valence-electron chi connectivity index (χ1n) is 7.11. The van der Waals surface area contributed by atoms with Crippen molar-refractivity contribution in [3.05, 3.63) is 48.6 Å². The minimum atomic E-state index is -0.583. The highest BCUT2D eigenvalue weighted by Gasteiger charge is 2.21. The van der Waals surface area contributed by atoms with Gasteiger partial charge in [-0.3, -0.25) is 20.0 Å². The van der Waals surface area contributed by atoms with Crippen molar-refractivity contribution in [2.24, 2.45) is 5.10 Å². The summed E-state index contributed by atoms with van der Waals surface area (Å²) in [6.45, 7) is 3.45. The summed E-state index contributed by atoms with van der Waals surface area (Å²) in [7, 11) is 1.37. The van der Waals surface area contributed by atoms with Crippen LogP contribution in [0, 0.1) is 21.8 Å². The molecule has 1 aromatic heterocycles. The molecule has 0 saturated heterocycles. The molecule has 1 aromatic carbocycles. The van der Waals surface area contributed by atoms with E-state index in [1.54, 1.807) is 6.92 Å². The maximum Gasteiger partial charge on any atom is 0.315 e. The Balaban J connectivity index is 2.56. The lowest BCUT2D eigenvalue weighted by molar-refractivity contribution is -0.385. The molecule has 132 valence electrons. The molecule has 0 saturated carbocycles. The van der Waals surface area contributed by atoms with Crippen LogP contribution in [0.15, 0.2) is 22.0 Å². The molecule has 0 atom stereocenters. The van der Waals surface area contributed by atoms with Crippen molar-refractivity contribution in [3.8, 4) is 11.5 Å².